The molecule has 4 rings (SSSR count). The van der Waals surface area contributed by atoms with Crippen molar-refractivity contribution in [3.63, 3.8) is 0 Å². The van der Waals surface area contributed by atoms with E-state index >= 15 is 0 Å². The van der Waals surface area contributed by atoms with E-state index in [9.17, 15) is 9.59 Å². The number of methoxy groups -OCH3 is 2. The van der Waals surface area contributed by atoms with Gasteiger partial charge in [-0.05, 0) is 50.1 Å². The van der Waals surface area contributed by atoms with Crippen LogP contribution in [0.25, 0.3) is 0 Å². The summed E-state index contributed by atoms with van der Waals surface area (Å²) >= 11 is 0. The number of carbonyl (C=O) groups excluding carboxylic acids is 2. The monoisotopic (exact) mass is 479 g/mol. The van der Waals surface area contributed by atoms with Crippen LogP contribution in [-0.4, -0.2) is 67.5 Å². The minimum atomic E-state index is -0.405. The van der Waals surface area contributed by atoms with Gasteiger partial charge in [0.05, 0.1) is 39.1 Å². The van der Waals surface area contributed by atoms with Crippen molar-refractivity contribution in [2.45, 2.75) is 44.7 Å². The van der Waals surface area contributed by atoms with Gasteiger partial charge in [-0.15, -0.1) is 0 Å². The fraction of sp³-hybridized carbons (Fsp3) is 0.444. The van der Waals surface area contributed by atoms with Gasteiger partial charge in [0, 0.05) is 12.0 Å². The third kappa shape index (κ3) is 5.48. The standard InChI is InChI=1S/C27H33N3O5/c1-4-35-27(32)23-12-8-9-15-29(23)18-26(31)30-24(17-22(28-30)19-10-6-5-7-11-19)21-16-20(33-2)13-14-25(21)34-3/h5-7,10-11,13-14,16,23-24H,4,8-9,12,15,17-18H2,1-3H3/t23-,24+/m0/s1. The van der Waals surface area contributed by atoms with E-state index in [4.69, 9.17) is 19.3 Å². The van der Waals surface area contributed by atoms with Gasteiger partial charge in [0.25, 0.3) is 5.91 Å². The molecule has 0 aromatic heterocycles. The van der Waals surface area contributed by atoms with Gasteiger partial charge in [-0.25, -0.2) is 5.01 Å². The van der Waals surface area contributed by atoms with Crippen LogP contribution in [0, 0.1) is 0 Å². The molecule has 8 heteroatoms. The number of esters is 1. The second-order valence-electron chi connectivity index (χ2n) is 8.71. The van der Waals surface area contributed by atoms with Crippen molar-refractivity contribution in [3.05, 3.63) is 59.7 Å². The highest BCUT2D eigenvalue weighted by molar-refractivity contribution is 6.03. The van der Waals surface area contributed by atoms with E-state index in [2.05, 4.69) is 0 Å². The molecule has 2 aliphatic rings. The zero-order chi connectivity index (χ0) is 24.8. The fourth-order valence-corrected chi connectivity index (χ4v) is 4.82. The summed E-state index contributed by atoms with van der Waals surface area (Å²) in [5.74, 6) is 0.920. The number of nitrogens with zero attached hydrogens (tertiary/aromatic N) is 3. The van der Waals surface area contributed by atoms with Crippen LogP contribution in [-0.2, 0) is 14.3 Å². The lowest BCUT2D eigenvalue weighted by atomic mass is 9.97. The number of benzene rings is 2. The quantitative estimate of drug-likeness (QED) is 0.536. The van der Waals surface area contributed by atoms with Crippen molar-refractivity contribution in [2.24, 2.45) is 5.10 Å². The summed E-state index contributed by atoms with van der Waals surface area (Å²) in [5.41, 5.74) is 2.63. The third-order valence-electron chi connectivity index (χ3n) is 6.58. The molecule has 1 fully saturated rings. The number of carbonyl (C=O) groups is 2. The van der Waals surface area contributed by atoms with Gasteiger partial charge < -0.3 is 14.2 Å². The number of amides is 1. The average molecular weight is 480 g/mol. The van der Waals surface area contributed by atoms with Gasteiger partial charge in [0.15, 0.2) is 0 Å². The van der Waals surface area contributed by atoms with Crippen LogP contribution in [0.2, 0.25) is 0 Å². The van der Waals surface area contributed by atoms with Gasteiger partial charge in [0.1, 0.15) is 17.5 Å². The molecule has 0 aliphatic carbocycles. The molecule has 0 N–H and O–H groups in total. The molecule has 2 heterocycles. The van der Waals surface area contributed by atoms with Crippen LogP contribution in [0.3, 0.4) is 0 Å². The number of rotatable bonds is 8. The van der Waals surface area contributed by atoms with Crippen molar-refractivity contribution in [1.82, 2.24) is 9.91 Å². The normalized spacial score (nSPS) is 20.3. The highest BCUT2D eigenvalue weighted by Crippen LogP contribution is 2.39. The molecule has 1 saturated heterocycles. The Morgan fingerprint density at radius 2 is 1.86 bits per heavy atom. The number of hydrogen-bond acceptors (Lipinski definition) is 7. The molecule has 2 atom stereocenters. The number of likely N-dealkylation sites (tertiary alicyclic amines) is 1. The molecule has 186 valence electrons. The smallest absolute Gasteiger partial charge is 0.323 e. The molecule has 2 aromatic carbocycles. The van der Waals surface area contributed by atoms with Crippen molar-refractivity contribution >= 4 is 17.6 Å². The van der Waals surface area contributed by atoms with Crippen LogP contribution in [0.1, 0.15) is 49.8 Å². The first-order valence-electron chi connectivity index (χ1n) is 12.1. The molecule has 1 amide bonds. The topological polar surface area (TPSA) is 80.7 Å². The maximum atomic E-state index is 13.7. The van der Waals surface area contributed by atoms with Gasteiger partial charge in [-0.3, -0.25) is 14.5 Å². The summed E-state index contributed by atoms with van der Waals surface area (Å²) in [5, 5.41) is 6.33. The van der Waals surface area contributed by atoms with Crippen molar-refractivity contribution < 1.29 is 23.8 Å². The Balaban J connectivity index is 1.65. The summed E-state index contributed by atoms with van der Waals surface area (Å²) in [6.45, 7) is 2.89. The fourth-order valence-electron chi connectivity index (χ4n) is 4.82. The predicted octanol–water partition coefficient (Wildman–Crippen LogP) is 3.80. The molecular formula is C27H33N3O5. The molecular weight excluding hydrogens is 446 g/mol. The molecule has 0 spiro atoms. The second-order valence-corrected chi connectivity index (χ2v) is 8.71. The summed E-state index contributed by atoms with van der Waals surface area (Å²) in [6.07, 6.45) is 3.12. The van der Waals surface area contributed by atoms with Crippen LogP contribution in [0.15, 0.2) is 53.6 Å². The predicted molar refractivity (Wildman–Crippen MR) is 133 cm³/mol. The van der Waals surface area contributed by atoms with Gasteiger partial charge >= 0.3 is 5.97 Å². The zero-order valence-electron chi connectivity index (χ0n) is 20.6. The van der Waals surface area contributed by atoms with E-state index in [1.54, 1.807) is 26.2 Å². The molecule has 8 nitrogen and oxygen atoms in total. The Morgan fingerprint density at radius 1 is 1.06 bits per heavy atom. The Kier molecular flexibility index (Phi) is 8.02. The molecule has 35 heavy (non-hydrogen) atoms. The number of hydrogen-bond donors (Lipinski definition) is 0. The van der Waals surface area contributed by atoms with E-state index < -0.39 is 6.04 Å². The van der Waals surface area contributed by atoms with Crippen molar-refractivity contribution in [3.8, 4) is 11.5 Å². The lowest BCUT2D eigenvalue weighted by Gasteiger charge is -2.34. The molecule has 0 saturated carbocycles. The van der Waals surface area contributed by atoms with E-state index in [1.165, 1.54) is 0 Å². The van der Waals surface area contributed by atoms with Crippen LogP contribution >= 0.6 is 0 Å². The minimum Gasteiger partial charge on any atom is -0.497 e. The molecule has 0 bridgehead atoms. The zero-order valence-corrected chi connectivity index (χ0v) is 20.6. The van der Waals surface area contributed by atoms with E-state index in [0.717, 1.165) is 29.7 Å². The minimum absolute atomic E-state index is 0.0951. The number of ether oxygens (including phenoxy) is 3. The third-order valence-corrected chi connectivity index (χ3v) is 6.58. The van der Waals surface area contributed by atoms with E-state index in [-0.39, 0.29) is 24.5 Å². The summed E-state index contributed by atoms with van der Waals surface area (Å²) in [6, 6.07) is 14.7. The van der Waals surface area contributed by atoms with Gasteiger partial charge in [-0.1, -0.05) is 36.8 Å². The summed E-state index contributed by atoms with van der Waals surface area (Å²) in [4.78, 5) is 28.2. The summed E-state index contributed by atoms with van der Waals surface area (Å²) < 4.78 is 16.4. The highest BCUT2D eigenvalue weighted by Gasteiger charge is 2.38. The van der Waals surface area contributed by atoms with Gasteiger partial charge in [0.2, 0.25) is 0 Å². The Morgan fingerprint density at radius 3 is 2.57 bits per heavy atom. The van der Waals surface area contributed by atoms with Crippen LogP contribution in [0.5, 0.6) is 11.5 Å². The maximum Gasteiger partial charge on any atom is 0.323 e. The van der Waals surface area contributed by atoms with E-state index in [1.807, 2.05) is 53.4 Å². The molecule has 2 aromatic rings. The number of piperidine rings is 1. The Hall–Kier alpha value is -3.39. The van der Waals surface area contributed by atoms with Crippen molar-refractivity contribution in [1.29, 1.82) is 0 Å². The lowest BCUT2D eigenvalue weighted by molar-refractivity contribution is -0.152. The molecule has 0 radical (unpaired) electrons. The first-order valence-corrected chi connectivity index (χ1v) is 12.1. The van der Waals surface area contributed by atoms with Crippen LogP contribution < -0.4 is 9.47 Å². The number of hydrazone groups is 1. The van der Waals surface area contributed by atoms with Gasteiger partial charge in [-0.2, -0.15) is 5.10 Å². The first kappa shape index (κ1) is 24.7. The highest BCUT2D eigenvalue weighted by atomic mass is 16.5. The summed E-state index contributed by atoms with van der Waals surface area (Å²) in [7, 11) is 3.23. The maximum absolute atomic E-state index is 13.7. The molecule has 2 aliphatic heterocycles. The van der Waals surface area contributed by atoms with Crippen molar-refractivity contribution in [2.75, 3.05) is 33.9 Å². The van der Waals surface area contributed by atoms with E-state index in [0.29, 0.717) is 37.5 Å². The Bertz CT molecular complexity index is 1070. The SMILES string of the molecule is CCOC(=O)[C@@H]1CCCCN1CC(=O)N1N=C(c2ccccc2)C[C@@H]1c1cc(OC)ccc1OC. The Labute approximate surface area is 206 Å². The lowest BCUT2D eigenvalue weighted by Crippen LogP contribution is -2.49. The second kappa shape index (κ2) is 11.4. The average Bonchev–Trinajstić information content (AvgIpc) is 3.35. The largest absolute Gasteiger partial charge is 0.497 e. The molecule has 0 unspecified atom stereocenters. The first-order chi connectivity index (χ1) is 17.0. The van der Waals surface area contributed by atoms with Crippen LogP contribution in [0.4, 0.5) is 0 Å².